The molecule has 0 bridgehead atoms. The summed E-state index contributed by atoms with van der Waals surface area (Å²) in [5, 5.41) is 19.8. The van der Waals surface area contributed by atoms with E-state index in [0.717, 1.165) is 6.42 Å². The molecule has 4 aromatic rings. The number of aliphatic hydroxyl groups excluding tert-OH is 2. The fourth-order valence-electron chi connectivity index (χ4n) is 3.42. The van der Waals surface area contributed by atoms with E-state index in [1.807, 2.05) is 31.2 Å². The van der Waals surface area contributed by atoms with Crippen molar-refractivity contribution in [2.24, 2.45) is 0 Å². The Labute approximate surface area is 264 Å². The number of aliphatic hydroxyl groups is 2. The van der Waals surface area contributed by atoms with Crippen molar-refractivity contribution in [1.82, 2.24) is 0 Å². The second-order valence-electron chi connectivity index (χ2n) is 9.46. The van der Waals surface area contributed by atoms with Gasteiger partial charge in [0.25, 0.3) is 20.2 Å². The van der Waals surface area contributed by atoms with Gasteiger partial charge in [0.1, 0.15) is 12.2 Å². The van der Waals surface area contributed by atoms with Gasteiger partial charge in [-0.3, -0.25) is 18.7 Å². The molecule has 4 rings (SSSR count). The summed E-state index contributed by atoms with van der Waals surface area (Å²) < 4.78 is 53.9. The Bertz CT molecular complexity index is 1530. The highest BCUT2D eigenvalue weighted by Gasteiger charge is 2.19. The Morgan fingerprint density at radius 2 is 0.844 bits per heavy atom. The van der Waals surface area contributed by atoms with Gasteiger partial charge in [-0.15, -0.1) is 0 Å². The lowest BCUT2D eigenvalue weighted by Crippen LogP contribution is -2.11. The molecule has 4 N–H and O–H groups in total. The van der Waals surface area contributed by atoms with Gasteiger partial charge < -0.3 is 10.2 Å². The number of carbonyl (C=O) groups is 2. The summed E-state index contributed by atoms with van der Waals surface area (Å²) in [4.78, 5) is 23.8. The lowest BCUT2D eigenvalue weighted by Gasteiger charge is -2.09. The molecule has 12 heteroatoms. The van der Waals surface area contributed by atoms with Gasteiger partial charge in [-0.05, 0) is 17.5 Å². The molecule has 0 saturated heterocycles. The standard InChI is InChI=1S/2C14H12O2.C4H10O3S.CH4O3S/c2*15-13(11-7-3-1-4-8-11)14(16)12-9-5-2-6-10-12;1-2-3-4-8(5,6)7;1-5(2,3)4/h2*1-10,13,15H;2-4H2,1H3,(H,5,6,7);1H3,(H,2,3,4). The molecular weight excluding hydrogens is 620 g/mol. The molecule has 0 fully saturated rings. The van der Waals surface area contributed by atoms with Gasteiger partial charge in [-0.2, -0.15) is 16.8 Å². The van der Waals surface area contributed by atoms with Crippen molar-refractivity contribution in [2.75, 3.05) is 12.0 Å². The zero-order valence-corrected chi connectivity index (χ0v) is 26.5. The molecule has 0 aliphatic rings. The summed E-state index contributed by atoms with van der Waals surface area (Å²) in [7, 11) is -7.35. The molecule has 0 aliphatic carbocycles. The Kier molecular flexibility index (Phi) is 17.4. The van der Waals surface area contributed by atoms with Crippen molar-refractivity contribution in [3.05, 3.63) is 144 Å². The van der Waals surface area contributed by atoms with Crippen LogP contribution in [0.15, 0.2) is 121 Å². The van der Waals surface area contributed by atoms with E-state index in [1.54, 1.807) is 97.1 Å². The molecule has 10 nitrogen and oxygen atoms in total. The average Bonchev–Trinajstić information content (AvgIpc) is 3.03. The van der Waals surface area contributed by atoms with Crippen molar-refractivity contribution in [2.45, 2.75) is 32.0 Å². The van der Waals surface area contributed by atoms with Crippen LogP contribution >= 0.6 is 0 Å². The molecule has 0 amide bonds. The summed E-state index contributed by atoms with van der Waals surface area (Å²) in [5.41, 5.74) is 2.30. The van der Waals surface area contributed by atoms with Crippen LogP contribution in [0.2, 0.25) is 0 Å². The smallest absolute Gasteiger partial charge is 0.264 e. The van der Waals surface area contributed by atoms with Crippen molar-refractivity contribution in [1.29, 1.82) is 0 Å². The van der Waals surface area contributed by atoms with Gasteiger partial charge in [0.2, 0.25) is 0 Å². The number of hydrogen-bond acceptors (Lipinski definition) is 8. The highest BCUT2D eigenvalue weighted by atomic mass is 32.2. The van der Waals surface area contributed by atoms with Crippen LogP contribution in [0.25, 0.3) is 0 Å². The summed E-state index contributed by atoms with van der Waals surface area (Å²) >= 11 is 0. The van der Waals surface area contributed by atoms with Gasteiger partial charge in [0.05, 0.1) is 12.0 Å². The lowest BCUT2D eigenvalue weighted by molar-refractivity contribution is 0.0743. The lowest BCUT2D eigenvalue weighted by atomic mass is 10.0. The average molecular weight is 659 g/mol. The molecule has 2 unspecified atom stereocenters. The molecule has 45 heavy (non-hydrogen) atoms. The van der Waals surface area contributed by atoms with E-state index < -0.39 is 32.4 Å². The van der Waals surface area contributed by atoms with Crippen LogP contribution in [-0.4, -0.2) is 59.7 Å². The fraction of sp³-hybridized carbons (Fsp3) is 0.212. The first-order chi connectivity index (χ1) is 21.1. The third kappa shape index (κ3) is 17.7. The Balaban J connectivity index is 0.000000329. The van der Waals surface area contributed by atoms with Gasteiger partial charge in [-0.1, -0.05) is 135 Å². The number of rotatable bonds is 9. The highest BCUT2D eigenvalue weighted by Crippen LogP contribution is 2.18. The molecule has 0 spiro atoms. The van der Waals surface area contributed by atoms with E-state index in [2.05, 4.69) is 0 Å². The maximum absolute atomic E-state index is 11.9. The maximum atomic E-state index is 11.9. The predicted molar refractivity (Wildman–Crippen MR) is 173 cm³/mol. The summed E-state index contributed by atoms with van der Waals surface area (Å²) in [6, 6.07) is 35.5. The first-order valence-corrected chi connectivity index (χ1v) is 17.1. The van der Waals surface area contributed by atoms with Gasteiger partial charge in [0.15, 0.2) is 11.6 Å². The number of benzene rings is 4. The Morgan fingerprint density at radius 1 is 0.578 bits per heavy atom. The largest absolute Gasteiger partial charge is 0.380 e. The minimum Gasteiger partial charge on any atom is -0.380 e. The second kappa shape index (κ2) is 20.1. The van der Waals surface area contributed by atoms with E-state index in [0.29, 0.717) is 34.9 Å². The van der Waals surface area contributed by atoms with Crippen LogP contribution in [0.3, 0.4) is 0 Å². The van der Waals surface area contributed by atoms with Crippen LogP contribution in [0.4, 0.5) is 0 Å². The Morgan fingerprint density at radius 3 is 1.07 bits per heavy atom. The van der Waals surface area contributed by atoms with E-state index >= 15 is 0 Å². The molecule has 0 saturated carbocycles. The monoisotopic (exact) mass is 658 g/mol. The van der Waals surface area contributed by atoms with Crippen molar-refractivity contribution in [3.63, 3.8) is 0 Å². The molecule has 2 atom stereocenters. The zero-order chi connectivity index (χ0) is 33.9. The minimum atomic E-state index is -3.69. The number of unbranched alkanes of at least 4 members (excludes halogenated alkanes) is 1. The van der Waals surface area contributed by atoms with E-state index in [1.165, 1.54) is 0 Å². The summed E-state index contributed by atoms with van der Waals surface area (Å²) in [6.07, 6.45) is -0.113. The highest BCUT2D eigenvalue weighted by molar-refractivity contribution is 7.85. The molecule has 0 aromatic heterocycles. The SMILES string of the molecule is CCCCS(=O)(=O)O.CS(=O)(=O)O.O=C(c1ccccc1)C(O)c1ccccc1.O=C(c1ccccc1)C(O)c1ccccc1. The normalized spacial score (nSPS) is 12.0. The first-order valence-electron chi connectivity index (χ1n) is 13.7. The molecule has 0 aliphatic heterocycles. The van der Waals surface area contributed by atoms with Crippen LogP contribution in [-0.2, 0) is 20.2 Å². The van der Waals surface area contributed by atoms with E-state index in [9.17, 15) is 36.6 Å². The Hall–Kier alpha value is -4.04. The molecule has 0 heterocycles. The van der Waals surface area contributed by atoms with Crippen LogP contribution in [0, 0.1) is 0 Å². The number of carbonyl (C=O) groups excluding carboxylic acids is 2. The van der Waals surface area contributed by atoms with Crippen molar-refractivity contribution >= 4 is 31.8 Å². The predicted octanol–water partition coefficient (Wildman–Crippen LogP) is 5.38. The van der Waals surface area contributed by atoms with Crippen molar-refractivity contribution < 1.29 is 45.7 Å². The maximum Gasteiger partial charge on any atom is 0.264 e. The van der Waals surface area contributed by atoms with E-state index in [-0.39, 0.29) is 17.3 Å². The third-order valence-corrected chi connectivity index (χ3v) is 6.40. The first kappa shape index (κ1) is 39.0. The molecule has 0 radical (unpaired) electrons. The van der Waals surface area contributed by atoms with Gasteiger partial charge in [-0.25, -0.2) is 0 Å². The zero-order valence-electron chi connectivity index (χ0n) is 24.9. The number of Topliss-reactive ketones (excluding diaryl/α,β-unsaturated/α-hetero) is 2. The summed E-state index contributed by atoms with van der Waals surface area (Å²) in [6.45, 7) is 1.87. The fourth-order valence-corrected chi connectivity index (χ4v) is 4.07. The van der Waals surface area contributed by atoms with Crippen LogP contribution in [0.5, 0.6) is 0 Å². The van der Waals surface area contributed by atoms with Crippen LogP contribution < -0.4 is 0 Å². The molecular formula is C33H38O10S2. The molecule has 4 aromatic carbocycles. The third-order valence-electron chi connectivity index (χ3n) is 5.60. The molecule has 242 valence electrons. The topological polar surface area (TPSA) is 183 Å². The van der Waals surface area contributed by atoms with Gasteiger partial charge >= 0.3 is 0 Å². The van der Waals surface area contributed by atoms with Crippen LogP contribution in [0.1, 0.15) is 63.8 Å². The van der Waals surface area contributed by atoms with E-state index in [4.69, 9.17) is 9.11 Å². The van der Waals surface area contributed by atoms with Crippen molar-refractivity contribution in [3.8, 4) is 0 Å². The minimum absolute atomic E-state index is 0.108. The summed E-state index contributed by atoms with van der Waals surface area (Å²) in [5.74, 6) is -0.651. The van der Waals surface area contributed by atoms with Gasteiger partial charge in [0, 0.05) is 11.1 Å². The second-order valence-corrected chi connectivity index (χ2v) is 12.5. The number of hydrogen-bond donors (Lipinski definition) is 4. The quantitative estimate of drug-likeness (QED) is 0.134. The number of ketones is 2.